The molecular formula is C22H25NO3. The van der Waals surface area contributed by atoms with E-state index >= 15 is 0 Å². The summed E-state index contributed by atoms with van der Waals surface area (Å²) in [5, 5.41) is 12.8. The van der Waals surface area contributed by atoms with Gasteiger partial charge in [-0.05, 0) is 35.4 Å². The summed E-state index contributed by atoms with van der Waals surface area (Å²) in [6.07, 6.45) is 0. The number of quaternary nitrogens is 1. The zero-order valence-corrected chi connectivity index (χ0v) is 15.4. The topological polar surface area (TPSA) is 77.0 Å². The number of methoxy groups -OCH3 is 1. The average Bonchev–Trinajstić information content (AvgIpc) is 2.67. The van der Waals surface area contributed by atoms with Gasteiger partial charge in [0.1, 0.15) is 11.8 Å². The number of benzene rings is 3. The normalized spacial score (nSPS) is 12.6. The maximum atomic E-state index is 10.8. The number of carbonyl (C=O) groups is 1. The van der Waals surface area contributed by atoms with Gasteiger partial charge in [0.2, 0.25) is 0 Å². The van der Waals surface area contributed by atoms with Gasteiger partial charge in [0, 0.05) is 17.5 Å². The third-order valence-electron chi connectivity index (χ3n) is 4.29. The zero-order chi connectivity index (χ0) is 19.1. The molecule has 26 heavy (non-hydrogen) atoms. The number of fused-ring (bicyclic) bond motifs is 1. The highest BCUT2D eigenvalue weighted by atomic mass is 16.5. The minimum Gasteiger partial charge on any atom is -0.550 e. The molecule has 3 N–H and O–H groups in total. The van der Waals surface area contributed by atoms with Crippen LogP contribution >= 0.6 is 0 Å². The lowest BCUT2D eigenvalue weighted by Crippen LogP contribution is -2.51. The molecule has 4 nitrogen and oxygen atoms in total. The molecule has 4 heteroatoms. The Balaban J connectivity index is 0.000000228. The number of hydrogen-bond acceptors (Lipinski definition) is 3. The Morgan fingerprint density at radius 2 is 1.54 bits per heavy atom. The highest BCUT2D eigenvalue weighted by Crippen LogP contribution is 2.24. The van der Waals surface area contributed by atoms with Gasteiger partial charge >= 0.3 is 0 Å². The van der Waals surface area contributed by atoms with Crippen LogP contribution in [-0.4, -0.2) is 13.1 Å². The predicted octanol–water partition coefficient (Wildman–Crippen LogP) is 2.69. The molecule has 0 saturated heterocycles. The van der Waals surface area contributed by atoms with Crippen LogP contribution in [0.15, 0.2) is 66.7 Å². The van der Waals surface area contributed by atoms with Gasteiger partial charge in [0.15, 0.2) is 0 Å². The van der Waals surface area contributed by atoms with Crippen molar-refractivity contribution in [3.63, 3.8) is 0 Å². The third-order valence-corrected chi connectivity index (χ3v) is 4.29. The van der Waals surface area contributed by atoms with Crippen LogP contribution in [-0.2, 0) is 4.79 Å². The Labute approximate surface area is 154 Å². The maximum Gasteiger partial charge on any atom is 0.119 e. The van der Waals surface area contributed by atoms with Gasteiger partial charge < -0.3 is 20.4 Å². The molecule has 136 valence electrons. The van der Waals surface area contributed by atoms with Crippen LogP contribution in [0.3, 0.4) is 0 Å². The Morgan fingerprint density at radius 3 is 2.08 bits per heavy atom. The molecule has 0 fully saturated rings. The van der Waals surface area contributed by atoms with Crippen molar-refractivity contribution in [3.8, 4) is 5.75 Å². The molecular weight excluding hydrogens is 326 g/mol. The van der Waals surface area contributed by atoms with E-state index in [2.05, 4.69) is 24.8 Å². The standard InChI is InChI=1S/C14H14O3.C8H11N/c1-9(14(15)16)10-3-4-12-8-13(17-2)6-5-11(12)7-10;1-7(9)8-5-3-2-4-6-8/h3-9H,1-2H3,(H,15,16);2-7H,9H2,1H3/t9-;7-/m01/s1. The summed E-state index contributed by atoms with van der Waals surface area (Å²) in [5.74, 6) is -0.863. The van der Waals surface area contributed by atoms with E-state index in [0.717, 1.165) is 22.1 Å². The molecule has 0 bridgehead atoms. The highest BCUT2D eigenvalue weighted by molar-refractivity contribution is 5.86. The SMILES string of the molecule is COc1ccc2cc([C@H](C)C(=O)[O-])ccc2c1.C[C@@H]([NH3+])c1ccccc1. The van der Waals surface area contributed by atoms with Crippen LogP contribution in [0.4, 0.5) is 0 Å². The first-order chi connectivity index (χ1) is 12.4. The van der Waals surface area contributed by atoms with Gasteiger partial charge in [-0.1, -0.05) is 61.5 Å². The zero-order valence-electron chi connectivity index (χ0n) is 15.4. The number of carboxylic acid groups (broad SMARTS) is 1. The lowest BCUT2D eigenvalue weighted by molar-refractivity contribution is -0.420. The monoisotopic (exact) mass is 351 g/mol. The number of carbonyl (C=O) groups excluding carboxylic acids is 1. The largest absolute Gasteiger partial charge is 0.550 e. The van der Waals surface area contributed by atoms with E-state index in [9.17, 15) is 9.90 Å². The van der Waals surface area contributed by atoms with Crippen molar-refractivity contribution in [2.45, 2.75) is 25.8 Å². The Kier molecular flexibility index (Phi) is 6.75. The highest BCUT2D eigenvalue weighted by Gasteiger charge is 2.07. The minimum absolute atomic E-state index is 0.409. The van der Waals surface area contributed by atoms with Crippen molar-refractivity contribution >= 4 is 16.7 Å². The van der Waals surface area contributed by atoms with Crippen LogP contribution in [0.2, 0.25) is 0 Å². The van der Waals surface area contributed by atoms with E-state index < -0.39 is 11.9 Å². The average molecular weight is 351 g/mol. The molecule has 3 rings (SSSR count). The van der Waals surface area contributed by atoms with Gasteiger partial charge in [-0.2, -0.15) is 0 Å². The van der Waals surface area contributed by atoms with Crippen LogP contribution < -0.4 is 15.6 Å². The quantitative estimate of drug-likeness (QED) is 0.785. The molecule has 3 aromatic carbocycles. The minimum atomic E-state index is -1.06. The molecule has 0 aliphatic rings. The fraction of sp³-hybridized carbons (Fsp3) is 0.227. The molecule has 0 aliphatic heterocycles. The fourth-order valence-electron chi connectivity index (χ4n) is 2.56. The first kappa shape index (κ1) is 19.5. The summed E-state index contributed by atoms with van der Waals surface area (Å²) in [6.45, 7) is 3.72. The number of hydrogen-bond donors (Lipinski definition) is 1. The van der Waals surface area contributed by atoms with Gasteiger partial charge in [-0.15, -0.1) is 0 Å². The second-order valence-corrected chi connectivity index (χ2v) is 6.32. The van der Waals surface area contributed by atoms with Crippen molar-refractivity contribution in [2.24, 2.45) is 0 Å². The van der Waals surface area contributed by atoms with E-state index in [1.165, 1.54) is 5.56 Å². The van der Waals surface area contributed by atoms with E-state index in [1.54, 1.807) is 14.0 Å². The Bertz CT molecular complexity index is 860. The van der Waals surface area contributed by atoms with E-state index in [0.29, 0.717) is 6.04 Å². The van der Waals surface area contributed by atoms with Crippen LogP contribution in [0, 0.1) is 0 Å². The summed E-state index contributed by atoms with van der Waals surface area (Å²) < 4.78 is 5.13. The number of carboxylic acids is 1. The molecule has 0 heterocycles. The Hall–Kier alpha value is -2.85. The number of rotatable bonds is 4. The van der Waals surface area contributed by atoms with Gasteiger partial charge in [-0.3, -0.25) is 0 Å². The van der Waals surface area contributed by atoms with Crippen LogP contribution in [0.1, 0.15) is 36.9 Å². The predicted molar refractivity (Wildman–Crippen MR) is 102 cm³/mol. The molecule has 0 unspecified atom stereocenters. The summed E-state index contributed by atoms with van der Waals surface area (Å²) in [5.41, 5.74) is 5.96. The van der Waals surface area contributed by atoms with Gasteiger partial charge in [0.05, 0.1) is 7.11 Å². The lowest BCUT2D eigenvalue weighted by atomic mass is 9.98. The molecule has 0 radical (unpaired) electrons. The van der Waals surface area contributed by atoms with E-state index in [1.807, 2.05) is 54.6 Å². The van der Waals surface area contributed by atoms with E-state index in [4.69, 9.17) is 4.74 Å². The molecule has 3 aromatic rings. The van der Waals surface area contributed by atoms with Gasteiger partial charge in [0.25, 0.3) is 0 Å². The molecule has 0 amide bonds. The fourth-order valence-corrected chi connectivity index (χ4v) is 2.56. The molecule has 0 spiro atoms. The van der Waals surface area contributed by atoms with Crippen molar-refractivity contribution in [1.29, 1.82) is 0 Å². The van der Waals surface area contributed by atoms with Crippen molar-refractivity contribution in [3.05, 3.63) is 77.9 Å². The number of aliphatic carboxylic acids is 1. The number of ether oxygens (including phenoxy) is 1. The second kappa shape index (κ2) is 9.02. The second-order valence-electron chi connectivity index (χ2n) is 6.32. The third kappa shape index (κ3) is 5.07. The van der Waals surface area contributed by atoms with Gasteiger partial charge in [-0.25, -0.2) is 0 Å². The molecule has 0 aromatic heterocycles. The smallest absolute Gasteiger partial charge is 0.119 e. The molecule has 0 saturated carbocycles. The van der Waals surface area contributed by atoms with Crippen LogP contribution in [0.5, 0.6) is 5.75 Å². The summed E-state index contributed by atoms with van der Waals surface area (Å²) in [6, 6.07) is 22.0. The first-order valence-corrected chi connectivity index (χ1v) is 8.59. The van der Waals surface area contributed by atoms with E-state index in [-0.39, 0.29) is 0 Å². The summed E-state index contributed by atoms with van der Waals surface area (Å²) in [4.78, 5) is 10.8. The van der Waals surface area contributed by atoms with Crippen molar-refractivity contribution in [1.82, 2.24) is 0 Å². The first-order valence-electron chi connectivity index (χ1n) is 8.59. The summed E-state index contributed by atoms with van der Waals surface area (Å²) >= 11 is 0. The molecule has 2 atom stereocenters. The lowest BCUT2D eigenvalue weighted by Gasteiger charge is -2.13. The van der Waals surface area contributed by atoms with Crippen molar-refractivity contribution < 1.29 is 20.4 Å². The maximum absolute atomic E-state index is 10.8. The molecule has 0 aliphatic carbocycles. The van der Waals surface area contributed by atoms with Crippen LogP contribution in [0.25, 0.3) is 10.8 Å². The summed E-state index contributed by atoms with van der Waals surface area (Å²) in [7, 11) is 1.62. The Morgan fingerprint density at radius 1 is 0.923 bits per heavy atom. The van der Waals surface area contributed by atoms with Crippen molar-refractivity contribution in [2.75, 3.05) is 7.11 Å².